The Bertz CT molecular complexity index is 325. The minimum Gasteiger partial charge on any atom is -0.381 e. The minimum atomic E-state index is 0.00206. The van der Waals surface area contributed by atoms with Crippen molar-refractivity contribution >= 4 is 11.9 Å². The van der Waals surface area contributed by atoms with Crippen LogP contribution in [0, 0.1) is 0 Å². The molecule has 2 N–H and O–H groups in total. The molecule has 6 heteroatoms. The molecule has 1 saturated heterocycles. The van der Waals surface area contributed by atoms with Gasteiger partial charge in [0, 0.05) is 39.4 Å². The number of aliphatic imine (C=N–C) groups is 1. The fourth-order valence-corrected chi connectivity index (χ4v) is 1.79. The van der Waals surface area contributed by atoms with Crippen LogP contribution < -0.4 is 10.6 Å². The van der Waals surface area contributed by atoms with Gasteiger partial charge in [-0.2, -0.15) is 0 Å². The lowest BCUT2D eigenvalue weighted by molar-refractivity contribution is -0.127. The van der Waals surface area contributed by atoms with Gasteiger partial charge in [0.1, 0.15) is 6.54 Å². The maximum atomic E-state index is 11.6. The molecule has 1 unspecified atom stereocenters. The van der Waals surface area contributed by atoms with Gasteiger partial charge in [-0.1, -0.05) is 6.92 Å². The maximum absolute atomic E-state index is 11.6. The Kier molecular flexibility index (Phi) is 7.36. The fourth-order valence-electron chi connectivity index (χ4n) is 1.79. The number of nitrogens with one attached hydrogen (secondary N) is 2. The van der Waals surface area contributed by atoms with Crippen LogP contribution in [0.4, 0.5) is 0 Å². The average Bonchev–Trinajstić information content (AvgIpc) is 2.45. The standard InChI is InChI=1S/C14H28N4O2/c1-5-11(2)16-14(15-10-13(19)18(3)4)17-12-6-8-20-9-7-12/h11-12H,5-10H2,1-4H3,(H2,15,16,17). The molecule has 0 radical (unpaired) electrons. The van der Waals surface area contributed by atoms with Gasteiger partial charge in [0.25, 0.3) is 0 Å². The van der Waals surface area contributed by atoms with Gasteiger partial charge >= 0.3 is 0 Å². The lowest BCUT2D eigenvalue weighted by Crippen LogP contribution is -2.48. The van der Waals surface area contributed by atoms with E-state index in [0.717, 1.165) is 38.4 Å². The maximum Gasteiger partial charge on any atom is 0.243 e. The summed E-state index contributed by atoms with van der Waals surface area (Å²) in [7, 11) is 3.48. The molecule has 0 aromatic carbocycles. The predicted molar refractivity (Wildman–Crippen MR) is 80.9 cm³/mol. The topological polar surface area (TPSA) is 66.0 Å². The monoisotopic (exact) mass is 284 g/mol. The van der Waals surface area contributed by atoms with E-state index in [0.29, 0.717) is 12.1 Å². The van der Waals surface area contributed by atoms with Crippen LogP contribution in [0.15, 0.2) is 4.99 Å². The van der Waals surface area contributed by atoms with Crippen LogP contribution in [-0.4, -0.2) is 62.7 Å². The van der Waals surface area contributed by atoms with E-state index >= 15 is 0 Å². The molecule has 20 heavy (non-hydrogen) atoms. The zero-order valence-electron chi connectivity index (χ0n) is 13.1. The summed E-state index contributed by atoms with van der Waals surface area (Å²) in [5.74, 6) is 0.726. The van der Waals surface area contributed by atoms with Crippen LogP contribution in [0.1, 0.15) is 33.1 Å². The zero-order valence-corrected chi connectivity index (χ0v) is 13.1. The third kappa shape index (κ3) is 6.23. The molecular weight excluding hydrogens is 256 g/mol. The van der Waals surface area contributed by atoms with Gasteiger partial charge in [0.05, 0.1) is 0 Å². The highest BCUT2D eigenvalue weighted by molar-refractivity contribution is 5.85. The zero-order chi connectivity index (χ0) is 15.0. The summed E-state index contributed by atoms with van der Waals surface area (Å²) < 4.78 is 5.35. The van der Waals surface area contributed by atoms with Gasteiger partial charge in [-0.3, -0.25) is 4.79 Å². The van der Waals surface area contributed by atoms with Crippen molar-refractivity contribution in [2.24, 2.45) is 4.99 Å². The lowest BCUT2D eigenvalue weighted by Gasteiger charge is -2.26. The molecule has 1 atom stereocenters. The van der Waals surface area contributed by atoms with E-state index in [4.69, 9.17) is 4.74 Å². The summed E-state index contributed by atoms with van der Waals surface area (Å²) in [6.07, 6.45) is 2.96. The van der Waals surface area contributed by atoms with Gasteiger partial charge in [-0.15, -0.1) is 0 Å². The molecule has 0 aromatic heterocycles. The lowest BCUT2D eigenvalue weighted by atomic mass is 10.1. The Morgan fingerprint density at radius 3 is 2.60 bits per heavy atom. The quantitative estimate of drug-likeness (QED) is 0.573. The van der Waals surface area contributed by atoms with Gasteiger partial charge in [-0.05, 0) is 26.2 Å². The Labute approximate surface area is 122 Å². The van der Waals surface area contributed by atoms with Gasteiger partial charge in [0.15, 0.2) is 5.96 Å². The number of hydrogen-bond donors (Lipinski definition) is 2. The van der Waals surface area contributed by atoms with E-state index in [1.165, 1.54) is 0 Å². The third-order valence-electron chi connectivity index (χ3n) is 3.43. The second-order valence-corrected chi connectivity index (χ2v) is 5.44. The van der Waals surface area contributed by atoms with E-state index in [2.05, 4.69) is 29.5 Å². The number of likely N-dealkylation sites (N-methyl/N-ethyl adjacent to an activating group) is 1. The van der Waals surface area contributed by atoms with Crippen LogP contribution >= 0.6 is 0 Å². The van der Waals surface area contributed by atoms with Crippen molar-refractivity contribution in [3.05, 3.63) is 0 Å². The summed E-state index contributed by atoms with van der Waals surface area (Å²) in [6, 6.07) is 0.698. The summed E-state index contributed by atoms with van der Waals surface area (Å²) in [6.45, 7) is 5.96. The first-order chi connectivity index (χ1) is 9.52. The Balaban J connectivity index is 2.58. The number of rotatable bonds is 5. The number of amides is 1. The molecule has 1 amide bonds. The Morgan fingerprint density at radius 1 is 1.40 bits per heavy atom. The first-order valence-corrected chi connectivity index (χ1v) is 7.38. The average molecular weight is 284 g/mol. The molecule has 6 nitrogen and oxygen atoms in total. The van der Waals surface area contributed by atoms with E-state index in [1.54, 1.807) is 19.0 Å². The molecule has 1 aliphatic rings. The SMILES string of the molecule is CCC(C)NC(=NCC(=O)N(C)C)NC1CCOCC1. The first-order valence-electron chi connectivity index (χ1n) is 7.38. The largest absolute Gasteiger partial charge is 0.381 e. The number of carbonyl (C=O) groups excluding carboxylic acids is 1. The van der Waals surface area contributed by atoms with Gasteiger partial charge in [0.2, 0.25) is 5.91 Å². The second-order valence-electron chi connectivity index (χ2n) is 5.44. The van der Waals surface area contributed by atoms with Crippen LogP contribution in [0.5, 0.6) is 0 Å². The minimum absolute atomic E-state index is 0.00206. The summed E-state index contributed by atoms with van der Waals surface area (Å²) >= 11 is 0. The molecule has 1 heterocycles. The van der Waals surface area contributed by atoms with Crippen molar-refractivity contribution < 1.29 is 9.53 Å². The molecule has 116 valence electrons. The van der Waals surface area contributed by atoms with Gasteiger partial charge < -0.3 is 20.3 Å². The first kappa shape index (κ1) is 16.8. The van der Waals surface area contributed by atoms with E-state index in [9.17, 15) is 4.79 Å². The number of carbonyl (C=O) groups is 1. The Hall–Kier alpha value is -1.30. The predicted octanol–water partition coefficient (Wildman–Crippen LogP) is 0.587. The summed E-state index contributed by atoms with van der Waals surface area (Å²) in [4.78, 5) is 17.6. The Morgan fingerprint density at radius 2 is 2.05 bits per heavy atom. The number of hydrogen-bond acceptors (Lipinski definition) is 3. The van der Waals surface area contributed by atoms with Crippen LogP contribution in [0.2, 0.25) is 0 Å². The van der Waals surface area contributed by atoms with Crippen LogP contribution in [0.25, 0.3) is 0 Å². The highest BCUT2D eigenvalue weighted by atomic mass is 16.5. The highest BCUT2D eigenvalue weighted by Gasteiger charge is 2.16. The molecule has 0 bridgehead atoms. The fraction of sp³-hybridized carbons (Fsp3) is 0.857. The van der Waals surface area contributed by atoms with Crippen molar-refractivity contribution in [2.75, 3.05) is 33.9 Å². The molecular formula is C14H28N4O2. The molecule has 1 fully saturated rings. The van der Waals surface area contributed by atoms with Crippen molar-refractivity contribution in [3.63, 3.8) is 0 Å². The van der Waals surface area contributed by atoms with Gasteiger partial charge in [-0.25, -0.2) is 4.99 Å². The van der Waals surface area contributed by atoms with Crippen molar-refractivity contribution in [1.82, 2.24) is 15.5 Å². The number of guanidine groups is 1. The van der Waals surface area contributed by atoms with E-state index in [1.807, 2.05) is 0 Å². The van der Waals surface area contributed by atoms with Crippen LogP contribution in [-0.2, 0) is 9.53 Å². The van der Waals surface area contributed by atoms with Crippen molar-refractivity contribution in [3.8, 4) is 0 Å². The highest BCUT2D eigenvalue weighted by Crippen LogP contribution is 2.06. The molecule has 1 rings (SSSR count). The normalized spacial score (nSPS) is 18.5. The van der Waals surface area contributed by atoms with E-state index < -0.39 is 0 Å². The second kappa shape index (κ2) is 8.79. The van der Waals surface area contributed by atoms with E-state index in [-0.39, 0.29) is 12.5 Å². The molecule has 1 aliphatic heterocycles. The van der Waals surface area contributed by atoms with Crippen molar-refractivity contribution in [2.45, 2.75) is 45.2 Å². The molecule has 0 aliphatic carbocycles. The summed E-state index contributed by atoms with van der Waals surface area (Å²) in [5, 5.41) is 6.74. The molecule has 0 aromatic rings. The van der Waals surface area contributed by atoms with Crippen molar-refractivity contribution in [1.29, 1.82) is 0 Å². The molecule has 0 saturated carbocycles. The third-order valence-corrected chi connectivity index (χ3v) is 3.43. The number of nitrogens with zero attached hydrogens (tertiary/aromatic N) is 2. The number of ether oxygens (including phenoxy) is 1. The smallest absolute Gasteiger partial charge is 0.243 e. The molecule has 0 spiro atoms. The summed E-state index contributed by atoms with van der Waals surface area (Å²) in [5.41, 5.74) is 0. The van der Waals surface area contributed by atoms with Crippen LogP contribution in [0.3, 0.4) is 0 Å².